The van der Waals surface area contributed by atoms with Crippen LogP contribution in [0.4, 0.5) is 4.79 Å². The summed E-state index contributed by atoms with van der Waals surface area (Å²) in [6.07, 6.45) is -0.383. The van der Waals surface area contributed by atoms with Crippen molar-refractivity contribution in [1.29, 1.82) is 0 Å². The van der Waals surface area contributed by atoms with Crippen molar-refractivity contribution in [2.24, 2.45) is 0 Å². The van der Waals surface area contributed by atoms with Crippen molar-refractivity contribution in [2.45, 2.75) is 52.2 Å². The van der Waals surface area contributed by atoms with Gasteiger partial charge in [-0.05, 0) is 34.2 Å². The van der Waals surface area contributed by atoms with Gasteiger partial charge in [-0.1, -0.05) is 6.92 Å². The largest absolute Gasteiger partial charge is 0.481 e. The minimum absolute atomic E-state index is 0.00621. The molecule has 0 aromatic carbocycles. The van der Waals surface area contributed by atoms with Crippen LogP contribution >= 0.6 is 0 Å². The average Bonchev–Trinajstić information content (AvgIpc) is 2.36. The summed E-state index contributed by atoms with van der Waals surface area (Å²) in [5, 5.41) is 9.25. The predicted octanol–water partition coefficient (Wildman–Crippen LogP) is 1.81. The van der Waals surface area contributed by atoms with Gasteiger partial charge in [-0.25, -0.2) is 4.79 Å². The number of hydrogen-bond acceptors (Lipinski definition) is 5. The first-order valence-electron chi connectivity index (χ1n) is 8.16. The first-order chi connectivity index (χ1) is 10.6. The molecule has 0 atom stereocenters. The van der Waals surface area contributed by atoms with Gasteiger partial charge in [-0.2, -0.15) is 0 Å². The van der Waals surface area contributed by atoms with E-state index in [0.717, 1.165) is 0 Å². The van der Waals surface area contributed by atoms with Crippen LogP contribution in [0.3, 0.4) is 0 Å². The van der Waals surface area contributed by atoms with Crippen LogP contribution in [0, 0.1) is 0 Å². The Hall–Kier alpha value is -1.34. The van der Waals surface area contributed by atoms with Crippen molar-refractivity contribution in [2.75, 3.05) is 39.4 Å². The highest BCUT2D eigenvalue weighted by Gasteiger charge is 2.51. The quantitative estimate of drug-likeness (QED) is 0.684. The van der Waals surface area contributed by atoms with Gasteiger partial charge < -0.3 is 19.5 Å². The van der Waals surface area contributed by atoms with E-state index in [9.17, 15) is 14.7 Å². The summed E-state index contributed by atoms with van der Waals surface area (Å²) in [7, 11) is 0. The lowest BCUT2D eigenvalue weighted by molar-refractivity contribution is -0.146. The maximum Gasteiger partial charge on any atom is 0.410 e. The highest BCUT2D eigenvalue weighted by atomic mass is 16.6. The summed E-state index contributed by atoms with van der Waals surface area (Å²) >= 11 is 0. The molecule has 0 aromatic rings. The molecule has 0 aromatic heterocycles. The maximum absolute atomic E-state index is 12.1. The number of carboxylic acid groups (broad SMARTS) is 1. The van der Waals surface area contributed by atoms with Gasteiger partial charge in [0, 0.05) is 26.2 Å². The van der Waals surface area contributed by atoms with E-state index in [4.69, 9.17) is 9.47 Å². The number of carboxylic acids is 1. The topological polar surface area (TPSA) is 79.3 Å². The molecule has 1 amide bonds. The number of rotatable bonds is 8. The van der Waals surface area contributed by atoms with Crippen molar-refractivity contribution in [3.63, 3.8) is 0 Å². The third-order valence-corrected chi connectivity index (χ3v) is 3.86. The second kappa shape index (κ2) is 7.97. The van der Waals surface area contributed by atoms with Crippen molar-refractivity contribution < 1.29 is 24.2 Å². The lowest BCUT2D eigenvalue weighted by Crippen LogP contribution is -2.72. The molecule has 1 aliphatic heterocycles. The molecule has 0 aliphatic carbocycles. The molecular weight excluding hydrogens is 300 g/mol. The maximum atomic E-state index is 12.1. The van der Waals surface area contributed by atoms with Gasteiger partial charge in [0.1, 0.15) is 5.60 Å². The second-order valence-corrected chi connectivity index (χ2v) is 6.91. The van der Waals surface area contributed by atoms with Gasteiger partial charge in [-0.15, -0.1) is 0 Å². The van der Waals surface area contributed by atoms with E-state index < -0.39 is 17.1 Å². The minimum Gasteiger partial charge on any atom is -0.481 e. The predicted molar refractivity (Wildman–Crippen MR) is 86.5 cm³/mol. The summed E-state index contributed by atoms with van der Waals surface area (Å²) in [6, 6.07) is 0. The zero-order valence-electron chi connectivity index (χ0n) is 14.9. The van der Waals surface area contributed by atoms with E-state index in [0.29, 0.717) is 39.4 Å². The molecular formula is C16H30N2O5. The molecule has 0 spiro atoms. The summed E-state index contributed by atoms with van der Waals surface area (Å²) in [4.78, 5) is 27.0. The van der Waals surface area contributed by atoms with Crippen LogP contribution in [-0.2, 0) is 14.3 Å². The summed E-state index contributed by atoms with van der Waals surface area (Å²) < 4.78 is 10.7. The Morgan fingerprint density at radius 3 is 2.30 bits per heavy atom. The molecule has 1 rings (SSSR count). The van der Waals surface area contributed by atoms with Gasteiger partial charge in [0.05, 0.1) is 18.6 Å². The normalized spacial score (nSPS) is 17.0. The molecule has 1 fully saturated rings. The smallest absolute Gasteiger partial charge is 0.410 e. The van der Waals surface area contributed by atoms with E-state index in [2.05, 4.69) is 4.90 Å². The van der Waals surface area contributed by atoms with E-state index in [1.807, 2.05) is 34.6 Å². The molecule has 0 unspecified atom stereocenters. The van der Waals surface area contributed by atoms with E-state index in [-0.39, 0.29) is 12.5 Å². The lowest BCUT2D eigenvalue weighted by atomic mass is 9.84. The number of aliphatic carboxylic acids is 1. The molecule has 7 heteroatoms. The second-order valence-electron chi connectivity index (χ2n) is 6.91. The first kappa shape index (κ1) is 19.7. The van der Waals surface area contributed by atoms with Crippen LogP contribution in [0.5, 0.6) is 0 Å². The first-order valence-corrected chi connectivity index (χ1v) is 8.16. The molecule has 134 valence electrons. The van der Waals surface area contributed by atoms with Crippen molar-refractivity contribution >= 4 is 12.1 Å². The number of amides is 1. The fourth-order valence-corrected chi connectivity index (χ4v) is 2.87. The molecule has 0 bridgehead atoms. The highest BCUT2D eigenvalue weighted by Crippen LogP contribution is 2.32. The lowest BCUT2D eigenvalue weighted by Gasteiger charge is -2.54. The number of carbonyl (C=O) groups is 2. The number of nitrogens with zero attached hydrogens (tertiary/aromatic N) is 2. The average molecular weight is 330 g/mol. The van der Waals surface area contributed by atoms with Crippen LogP contribution in [0.25, 0.3) is 0 Å². The van der Waals surface area contributed by atoms with Gasteiger partial charge >= 0.3 is 12.1 Å². The Kier molecular flexibility index (Phi) is 6.83. The van der Waals surface area contributed by atoms with Crippen molar-refractivity contribution in [1.82, 2.24) is 9.80 Å². The molecule has 7 nitrogen and oxygen atoms in total. The van der Waals surface area contributed by atoms with E-state index in [1.165, 1.54) is 0 Å². The summed E-state index contributed by atoms with van der Waals surface area (Å²) in [5.41, 5.74) is -1.09. The van der Waals surface area contributed by atoms with Crippen LogP contribution in [0.1, 0.15) is 41.0 Å². The number of hydrogen-bond donors (Lipinski definition) is 1. The fraction of sp³-hybridized carbons (Fsp3) is 0.875. The number of likely N-dealkylation sites (N-methyl/N-ethyl adjacent to an activating group) is 1. The summed E-state index contributed by atoms with van der Waals surface area (Å²) in [5.74, 6) is -0.858. The summed E-state index contributed by atoms with van der Waals surface area (Å²) in [6.45, 7) is 12.7. The van der Waals surface area contributed by atoms with Crippen LogP contribution < -0.4 is 0 Å². The van der Waals surface area contributed by atoms with Gasteiger partial charge in [0.15, 0.2) is 0 Å². The number of likely N-dealkylation sites (tertiary alicyclic amines) is 1. The van der Waals surface area contributed by atoms with Gasteiger partial charge in [0.25, 0.3) is 0 Å². The Balaban J connectivity index is 2.71. The van der Waals surface area contributed by atoms with E-state index in [1.54, 1.807) is 4.90 Å². The minimum atomic E-state index is -0.858. The van der Waals surface area contributed by atoms with Crippen molar-refractivity contribution in [3.8, 4) is 0 Å². The van der Waals surface area contributed by atoms with Crippen LogP contribution in [0.15, 0.2) is 0 Å². The van der Waals surface area contributed by atoms with E-state index >= 15 is 0 Å². The zero-order valence-corrected chi connectivity index (χ0v) is 14.9. The Morgan fingerprint density at radius 1 is 1.26 bits per heavy atom. The standard InChI is InChI=1S/C16H30N2O5/c1-6-18(8-9-22-7-2)16(10-13(19)20)11-17(12-16)14(21)23-15(3,4)5/h6-12H2,1-5H3,(H,19,20). The number of ether oxygens (including phenoxy) is 2. The molecule has 23 heavy (non-hydrogen) atoms. The van der Waals surface area contributed by atoms with Crippen LogP contribution in [0.2, 0.25) is 0 Å². The Bertz CT molecular complexity index is 413. The third kappa shape index (κ3) is 5.66. The highest BCUT2D eigenvalue weighted by molar-refractivity contribution is 5.73. The molecule has 1 N–H and O–H groups in total. The molecule has 0 radical (unpaired) electrons. The van der Waals surface area contributed by atoms with Gasteiger partial charge in [-0.3, -0.25) is 9.69 Å². The molecule has 1 heterocycles. The Morgan fingerprint density at radius 2 is 1.87 bits per heavy atom. The number of carbonyl (C=O) groups excluding carboxylic acids is 1. The molecule has 1 aliphatic rings. The SMILES string of the molecule is CCOCCN(CC)C1(CC(=O)O)CN(C(=O)OC(C)(C)C)C1. The Labute approximate surface area is 138 Å². The van der Waals surface area contributed by atoms with Gasteiger partial charge in [0.2, 0.25) is 0 Å². The monoisotopic (exact) mass is 330 g/mol. The fourth-order valence-electron chi connectivity index (χ4n) is 2.87. The van der Waals surface area contributed by atoms with Crippen LogP contribution in [-0.4, -0.2) is 77.5 Å². The third-order valence-electron chi connectivity index (χ3n) is 3.86. The molecule has 1 saturated heterocycles. The zero-order chi connectivity index (χ0) is 17.7. The van der Waals surface area contributed by atoms with Crippen molar-refractivity contribution in [3.05, 3.63) is 0 Å². The molecule has 0 saturated carbocycles.